The van der Waals surface area contributed by atoms with Crippen molar-refractivity contribution in [1.29, 1.82) is 0 Å². The molecule has 0 saturated carbocycles. The summed E-state index contributed by atoms with van der Waals surface area (Å²) in [6.45, 7) is 3.64. The summed E-state index contributed by atoms with van der Waals surface area (Å²) in [4.78, 5) is 10.7. The standard InChI is InChI=1S/C11H13ClO2/c1-3-9-6-10(4-5-11(9)12)14-7-8(2)13/h4-6H,3,7H2,1-2H3. The molecule has 0 bridgehead atoms. The number of benzene rings is 1. The van der Waals surface area contributed by atoms with Crippen molar-refractivity contribution < 1.29 is 9.53 Å². The van der Waals surface area contributed by atoms with Gasteiger partial charge >= 0.3 is 0 Å². The van der Waals surface area contributed by atoms with E-state index >= 15 is 0 Å². The highest BCUT2D eigenvalue weighted by molar-refractivity contribution is 6.31. The predicted molar refractivity (Wildman–Crippen MR) is 57.0 cm³/mol. The van der Waals surface area contributed by atoms with Gasteiger partial charge in [0.25, 0.3) is 0 Å². The lowest BCUT2D eigenvalue weighted by molar-refractivity contribution is -0.118. The smallest absolute Gasteiger partial charge is 0.167 e. The zero-order valence-electron chi connectivity index (χ0n) is 8.34. The van der Waals surface area contributed by atoms with E-state index in [0.717, 1.165) is 17.0 Å². The number of ketones is 1. The van der Waals surface area contributed by atoms with Gasteiger partial charge in [0.15, 0.2) is 5.78 Å². The van der Waals surface area contributed by atoms with Crippen LogP contribution in [0.4, 0.5) is 0 Å². The van der Waals surface area contributed by atoms with Crippen LogP contribution in [0.3, 0.4) is 0 Å². The molecule has 3 heteroatoms. The summed E-state index contributed by atoms with van der Waals surface area (Å²) in [5, 5.41) is 0.739. The average Bonchev–Trinajstić information content (AvgIpc) is 2.16. The van der Waals surface area contributed by atoms with E-state index in [9.17, 15) is 4.79 Å². The van der Waals surface area contributed by atoms with Gasteiger partial charge < -0.3 is 4.74 Å². The first-order valence-electron chi connectivity index (χ1n) is 4.54. The summed E-state index contributed by atoms with van der Waals surface area (Å²) in [6, 6.07) is 5.42. The van der Waals surface area contributed by atoms with Crippen molar-refractivity contribution >= 4 is 17.4 Å². The zero-order valence-corrected chi connectivity index (χ0v) is 9.10. The molecule has 0 heterocycles. The summed E-state index contributed by atoms with van der Waals surface area (Å²) in [6.07, 6.45) is 0.857. The fraction of sp³-hybridized carbons (Fsp3) is 0.364. The number of carbonyl (C=O) groups is 1. The van der Waals surface area contributed by atoms with E-state index in [1.54, 1.807) is 12.1 Å². The maximum absolute atomic E-state index is 10.7. The van der Waals surface area contributed by atoms with Crippen LogP contribution in [0, 0.1) is 0 Å². The molecule has 1 aromatic carbocycles. The van der Waals surface area contributed by atoms with Crippen LogP contribution in [-0.4, -0.2) is 12.4 Å². The van der Waals surface area contributed by atoms with E-state index in [1.807, 2.05) is 13.0 Å². The average molecular weight is 213 g/mol. The summed E-state index contributed by atoms with van der Waals surface area (Å²) in [5.41, 5.74) is 1.03. The number of halogens is 1. The molecule has 0 amide bonds. The number of carbonyl (C=O) groups excluding carboxylic acids is 1. The normalized spacial score (nSPS) is 9.93. The quantitative estimate of drug-likeness (QED) is 0.767. The minimum Gasteiger partial charge on any atom is -0.486 e. The zero-order chi connectivity index (χ0) is 10.6. The van der Waals surface area contributed by atoms with Gasteiger partial charge in [-0.25, -0.2) is 0 Å². The molecule has 0 unspecified atom stereocenters. The van der Waals surface area contributed by atoms with E-state index in [2.05, 4.69) is 0 Å². The molecule has 76 valence electrons. The van der Waals surface area contributed by atoms with E-state index < -0.39 is 0 Å². The molecule has 0 N–H and O–H groups in total. The van der Waals surface area contributed by atoms with Crippen molar-refractivity contribution in [3.8, 4) is 5.75 Å². The Morgan fingerprint density at radius 2 is 2.21 bits per heavy atom. The van der Waals surface area contributed by atoms with Crippen LogP contribution in [0.25, 0.3) is 0 Å². The molecular weight excluding hydrogens is 200 g/mol. The number of hydrogen-bond acceptors (Lipinski definition) is 2. The second-order valence-electron chi connectivity index (χ2n) is 3.10. The third-order valence-electron chi connectivity index (χ3n) is 1.84. The maximum Gasteiger partial charge on any atom is 0.167 e. The van der Waals surface area contributed by atoms with Gasteiger partial charge in [0.1, 0.15) is 12.4 Å². The Kier molecular flexibility index (Phi) is 3.96. The second kappa shape index (κ2) is 5.01. The first-order valence-corrected chi connectivity index (χ1v) is 4.92. The summed E-state index contributed by atoms with van der Waals surface area (Å²) in [7, 11) is 0. The largest absolute Gasteiger partial charge is 0.486 e. The van der Waals surface area contributed by atoms with Crippen LogP contribution in [0.1, 0.15) is 19.4 Å². The fourth-order valence-corrected chi connectivity index (χ4v) is 1.35. The van der Waals surface area contributed by atoms with Gasteiger partial charge in [-0.15, -0.1) is 0 Å². The van der Waals surface area contributed by atoms with Crippen LogP contribution in [-0.2, 0) is 11.2 Å². The van der Waals surface area contributed by atoms with E-state index in [0.29, 0.717) is 5.75 Å². The van der Waals surface area contributed by atoms with Crippen molar-refractivity contribution in [2.75, 3.05) is 6.61 Å². The lowest BCUT2D eigenvalue weighted by Gasteiger charge is -2.06. The van der Waals surface area contributed by atoms with Crippen molar-refractivity contribution in [3.63, 3.8) is 0 Å². The molecule has 0 spiro atoms. The van der Waals surface area contributed by atoms with Crippen LogP contribution >= 0.6 is 11.6 Å². The molecule has 2 nitrogen and oxygen atoms in total. The van der Waals surface area contributed by atoms with Gasteiger partial charge in [-0.1, -0.05) is 18.5 Å². The minimum atomic E-state index is 0.0120. The maximum atomic E-state index is 10.7. The molecule has 0 radical (unpaired) electrons. The van der Waals surface area contributed by atoms with Crippen molar-refractivity contribution in [3.05, 3.63) is 28.8 Å². The topological polar surface area (TPSA) is 26.3 Å². The van der Waals surface area contributed by atoms with E-state index in [1.165, 1.54) is 6.92 Å². The van der Waals surface area contributed by atoms with Crippen molar-refractivity contribution in [1.82, 2.24) is 0 Å². The molecule has 0 fully saturated rings. The third kappa shape index (κ3) is 3.04. The molecule has 0 aliphatic heterocycles. The van der Waals surface area contributed by atoms with Crippen LogP contribution in [0.15, 0.2) is 18.2 Å². The number of hydrogen-bond donors (Lipinski definition) is 0. The van der Waals surface area contributed by atoms with Crippen molar-refractivity contribution in [2.24, 2.45) is 0 Å². The summed E-state index contributed by atoms with van der Waals surface area (Å²) < 4.78 is 5.26. The fourth-order valence-electron chi connectivity index (χ4n) is 1.10. The summed E-state index contributed by atoms with van der Waals surface area (Å²) in [5.74, 6) is 0.708. The van der Waals surface area contributed by atoms with Crippen molar-refractivity contribution in [2.45, 2.75) is 20.3 Å². The number of ether oxygens (including phenoxy) is 1. The Hall–Kier alpha value is -1.02. The van der Waals surface area contributed by atoms with Gasteiger partial charge in [0.2, 0.25) is 0 Å². The lowest BCUT2D eigenvalue weighted by Crippen LogP contribution is -2.06. The lowest BCUT2D eigenvalue weighted by atomic mass is 10.1. The Bertz CT molecular complexity index is 334. The highest BCUT2D eigenvalue weighted by Gasteiger charge is 2.01. The highest BCUT2D eigenvalue weighted by Crippen LogP contribution is 2.22. The number of Topliss-reactive ketones (excluding diaryl/α,β-unsaturated/α-hetero) is 1. The first-order chi connectivity index (χ1) is 6.63. The minimum absolute atomic E-state index is 0.0120. The first kappa shape index (κ1) is 11.1. The Balaban J connectivity index is 2.74. The highest BCUT2D eigenvalue weighted by atomic mass is 35.5. The molecule has 1 aromatic rings. The Morgan fingerprint density at radius 3 is 2.79 bits per heavy atom. The molecule has 0 saturated heterocycles. The van der Waals surface area contributed by atoms with Crippen LogP contribution < -0.4 is 4.74 Å². The van der Waals surface area contributed by atoms with Gasteiger partial charge in [0.05, 0.1) is 0 Å². The molecular formula is C11H13ClO2. The molecule has 0 aromatic heterocycles. The van der Waals surface area contributed by atoms with Gasteiger partial charge in [-0.05, 0) is 37.1 Å². The van der Waals surface area contributed by atoms with Gasteiger partial charge in [-0.3, -0.25) is 4.79 Å². The monoisotopic (exact) mass is 212 g/mol. The third-order valence-corrected chi connectivity index (χ3v) is 2.21. The van der Waals surface area contributed by atoms with Gasteiger partial charge in [0, 0.05) is 5.02 Å². The molecule has 0 atom stereocenters. The van der Waals surface area contributed by atoms with Crippen LogP contribution in [0.5, 0.6) is 5.75 Å². The van der Waals surface area contributed by atoms with E-state index in [-0.39, 0.29) is 12.4 Å². The Morgan fingerprint density at radius 1 is 1.50 bits per heavy atom. The predicted octanol–water partition coefficient (Wildman–Crippen LogP) is 2.87. The molecule has 0 aliphatic rings. The SMILES string of the molecule is CCc1cc(OCC(C)=O)ccc1Cl. The van der Waals surface area contributed by atoms with Crippen LogP contribution in [0.2, 0.25) is 5.02 Å². The summed E-state index contributed by atoms with van der Waals surface area (Å²) >= 11 is 5.94. The molecule has 0 aliphatic carbocycles. The molecule has 1 rings (SSSR count). The Labute approximate surface area is 88.8 Å². The van der Waals surface area contributed by atoms with Gasteiger partial charge in [-0.2, -0.15) is 0 Å². The second-order valence-corrected chi connectivity index (χ2v) is 3.50. The molecule has 14 heavy (non-hydrogen) atoms. The number of rotatable bonds is 4. The number of aryl methyl sites for hydroxylation is 1. The van der Waals surface area contributed by atoms with E-state index in [4.69, 9.17) is 16.3 Å².